The molecule has 3 nitrogen and oxygen atoms in total. The largest absolute Gasteiger partial charge is 0.386 e. The second kappa shape index (κ2) is 4.60. The van der Waals surface area contributed by atoms with Crippen LogP contribution in [-0.2, 0) is 4.79 Å². The summed E-state index contributed by atoms with van der Waals surface area (Å²) in [4.78, 5) is 14.1. The van der Waals surface area contributed by atoms with Gasteiger partial charge in [-0.3, -0.25) is 4.79 Å². The fourth-order valence-corrected chi connectivity index (χ4v) is 2.90. The van der Waals surface area contributed by atoms with Crippen molar-refractivity contribution < 1.29 is 9.90 Å². The van der Waals surface area contributed by atoms with Gasteiger partial charge in [0.2, 0.25) is 5.91 Å². The molecule has 1 saturated heterocycles. The van der Waals surface area contributed by atoms with Gasteiger partial charge < -0.3 is 10.0 Å². The van der Waals surface area contributed by atoms with Crippen LogP contribution in [0.15, 0.2) is 0 Å². The zero-order valence-corrected chi connectivity index (χ0v) is 11.3. The first kappa shape index (κ1) is 12.9. The molecule has 0 atom stereocenters. The molecule has 2 aliphatic rings. The third kappa shape index (κ3) is 2.49. The summed E-state index contributed by atoms with van der Waals surface area (Å²) >= 11 is 0. The van der Waals surface area contributed by atoms with Gasteiger partial charge in [0.1, 0.15) is 5.60 Å². The molecular weight excluding hydrogens is 214 g/mol. The average molecular weight is 239 g/mol. The first-order valence-electron chi connectivity index (χ1n) is 6.93. The van der Waals surface area contributed by atoms with Crippen LogP contribution in [0.1, 0.15) is 46.5 Å². The summed E-state index contributed by atoms with van der Waals surface area (Å²) in [5, 5.41) is 10.2. The molecule has 0 aromatic carbocycles. The maximum absolute atomic E-state index is 12.2. The topological polar surface area (TPSA) is 40.5 Å². The number of nitrogens with zero attached hydrogens (tertiary/aromatic N) is 1. The van der Waals surface area contributed by atoms with Crippen LogP contribution >= 0.6 is 0 Å². The Morgan fingerprint density at radius 3 is 2.24 bits per heavy atom. The lowest BCUT2D eigenvalue weighted by atomic mass is 9.79. The van der Waals surface area contributed by atoms with Crippen molar-refractivity contribution in [3.63, 3.8) is 0 Å². The van der Waals surface area contributed by atoms with Gasteiger partial charge in [-0.25, -0.2) is 0 Å². The lowest BCUT2D eigenvalue weighted by Gasteiger charge is -2.50. The molecule has 1 aliphatic carbocycles. The van der Waals surface area contributed by atoms with Crippen molar-refractivity contribution in [2.75, 3.05) is 13.1 Å². The summed E-state index contributed by atoms with van der Waals surface area (Å²) in [6.45, 7) is 7.38. The summed E-state index contributed by atoms with van der Waals surface area (Å²) in [5.41, 5.74) is -0.627. The minimum Gasteiger partial charge on any atom is -0.386 e. The first-order chi connectivity index (χ1) is 7.92. The van der Waals surface area contributed by atoms with Crippen molar-refractivity contribution in [1.29, 1.82) is 0 Å². The van der Waals surface area contributed by atoms with E-state index in [0.29, 0.717) is 13.1 Å². The number of carbonyl (C=O) groups is 1. The first-order valence-corrected chi connectivity index (χ1v) is 6.93. The van der Waals surface area contributed by atoms with Crippen LogP contribution < -0.4 is 0 Å². The molecule has 0 unspecified atom stereocenters. The van der Waals surface area contributed by atoms with Crippen molar-refractivity contribution >= 4 is 5.91 Å². The Morgan fingerprint density at radius 2 is 1.76 bits per heavy atom. The third-order valence-electron chi connectivity index (χ3n) is 4.68. The van der Waals surface area contributed by atoms with E-state index < -0.39 is 5.60 Å². The molecule has 0 radical (unpaired) electrons. The molecule has 1 amide bonds. The van der Waals surface area contributed by atoms with Gasteiger partial charge in [0.25, 0.3) is 0 Å². The third-order valence-corrected chi connectivity index (χ3v) is 4.68. The second-order valence-electron chi connectivity index (χ2n) is 6.41. The molecule has 2 fully saturated rings. The number of hydrogen-bond donors (Lipinski definition) is 1. The Labute approximate surface area is 104 Å². The Kier molecular flexibility index (Phi) is 3.48. The van der Waals surface area contributed by atoms with E-state index in [1.54, 1.807) is 0 Å². The van der Waals surface area contributed by atoms with Gasteiger partial charge in [-0.2, -0.15) is 0 Å². The van der Waals surface area contributed by atoms with Gasteiger partial charge in [0.05, 0.1) is 13.1 Å². The van der Waals surface area contributed by atoms with Gasteiger partial charge >= 0.3 is 0 Å². The standard InChI is InChI=1S/C14H25NO2/c1-10(2)14(17)8-15(9-14)13(16)12-6-4-11(3)5-7-12/h10-12,17H,4-9H2,1-3H3. The number of amides is 1. The highest BCUT2D eigenvalue weighted by Gasteiger charge is 2.47. The van der Waals surface area contributed by atoms with Gasteiger partial charge in [-0.05, 0) is 37.5 Å². The zero-order chi connectivity index (χ0) is 12.6. The SMILES string of the molecule is CC1CCC(C(=O)N2CC(O)(C(C)C)C2)CC1. The number of hydrogen-bond acceptors (Lipinski definition) is 2. The van der Waals surface area contributed by atoms with E-state index in [1.807, 2.05) is 18.7 Å². The molecule has 1 aliphatic heterocycles. The molecule has 0 aromatic heterocycles. The number of rotatable bonds is 2. The highest BCUT2D eigenvalue weighted by molar-refractivity contribution is 5.80. The Hall–Kier alpha value is -0.570. The van der Waals surface area contributed by atoms with E-state index >= 15 is 0 Å². The molecular formula is C14H25NO2. The second-order valence-corrected chi connectivity index (χ2v) is 6.41. The smallest absolute Gasteiger partial charge is 0.225 e. The summed E-state index contributed by atoms with van der Waals surface area (Å²) in [7, 11) is 0. The van der Waals surface area contributed by atoms with Crippen LogP contribution in [0, 0.1) is 17.8 Å². The fourth-order valence-electron chi connectivity index (χ4n) is 2.90. The number of likely N-dealkylation sites (tertiary alicyclic amines) is 1. The fraction of sp³-hybridized carbons (Fsp3) is 0.929. The molecule has 3 heteroatoms. The van der Waals surface area contributed by atoms with Gasteiger partial charge in [0, 0.05) is 5.92 Å². The van der Waals surface area contributed by atoms with E-state index in [1.165, 1.54) is 12.8 Å². The molecule has 1 heterocycles. The highest BCUT2D eigenvalue weighted by Crippen LogP contribution is 2.34. The minimum atomic E-state index is -0.627. The van der Waals surface area contributed by atoms with Gasteiger partial charge in [-0.15, -0.1) is 0 Å². The normalized spacial score (nSPS) is 32.4. The lowest BCUT2D eigenvalue weighted by molar-refractivity contribution is -0.168. The van der Waals surface area contributed by atoms with Crippen molar-refractivity contribution in [2.24, 2.45) is 17.8 Å². The molecule has 1 N–H and O–H groups in total. The lowest BCUT2D eigenvalue weighted by Crippen LogP contribution is -2.66. The van der Waals surface area contributed by atoms with Gasteiger partial charge in [0.15, 0.2) is 0 Å². The average Bonchev–Trinajstić information content (AvgIpc) is 2.24. The van der Waals surface area contributed by atoms with Crippen LogP contribution in [0.2, 0.25) is 0 Å². The van der Waals surface area contributed by atoms with Gasteiger partial charge in [-0.1, -0.05) is 20.8 Å². The van der Waals surface area contributed by atoms with Crippen molar-refractivity contribution in [1.82, 2.24) is 4.90 Å². The molecule has 0 aromatic rings. The quantitative estimate of drug-likeness (QED) is 0.801. The van der Waals surface area contributed by atoms with E-state index in [4.69, 9.17) is 0 Å². The van der Waals surface area contributed by atoms with Crippen LogP contribution in [0.4, 0.5) is 0 Å². The monoisotopic (exact) mass is 239 g/mol. The molecule has 0 bridgehead atoms. The van der Waals surface area contributed by atoms with Crippen molar-refractivity contribution in [3.8, 4) is 0 Å². The number of carbonyl (C=O) groups excluding carboxylic acids is 1. The molecule has 98 valence electrons. The summed E-state index contributed by atoms with van der Waals surface area (Å²) in [5.74, 6) is 1.52. The van der Waals surface area contributed by atoms with E-state index in [-0.39, 0.29) is 17.7 Å². The maximum atomic E-state index is 12.2. The Balaban J connectivity index is 1.83. The predicted molar refractivity (Wildman–Crippen MR) is 67.5 cm³/mol. The Morgan fingerprint density at radius 1 is 1.24 bits per heavy atom. The van der Waals surface area contributed by atoms with Crippen LogP contribution in [0.25, 0.3) is 0 Å². The maximum Gasteiger partial charge on any atom is 0.225 e. The number of β-amino-alcohol motifs (C(OH)–C–C–N with tert-alkyl or cyclic N) is 1. The molecule has 1 saturated carbocycles. The zero-order valence-electron chi connectivity index (χ0n) is 11.3. The van der Waals surface area contributed by atoms with E-state index in [0.717, 1.165) is 18.8 Å². The molecule has 17 heavy (non-hydrogen) atoms. The van der Waals surface area contributed by atoms with E-state index in [9.17, 15) is 9.90 Å². The summed E-state index contributed by atoms with van der Waals surface area (Å²) in [6, 6.07) is 0. The van der Waals surface area contributed by atoms with E-state index in [2.05, 4.69) is 6.92 Å². The summed E-state index contributed by atoms with van der Waals surface area (Å²) < 4.78 is 0. The van der Waals surface area contributed by atoms with Crippen LogP contribution in [0.5, 0.6) is 0 Å². The minimum absolute atomic E-state index is 0.225. The highest BCUT2D eigenvalue weighted by atomic mass is 16.3. The van der Waals surface area contributed by atoms with Crippen molar-refractivity contribution in [2.45, 2.75) is 52.1 Å². The molecule has 2 rings (SSSR count). The Bertz CT molecular complexity index is 287. The number of aliphatic hydroxyl groups is 1. The van der Waals surface area contributed by atoms with Crippen LogP contribution in [0.3, 0.4) is 0 Å². The van der Waals surface area contributed by atoms with Crippen LogP contribution in [-0.4, -0.2) is 34.6 Å². The molecule has 0 spiro atoms. The predicted octanol–water partition coefficient (Wildman–Crippen LogP) is 2.04. The van der Waals surface area contributed by atoms with Crippen molar-refractivity contribution in [3.05, 3.63) is 0 Å². The summed E-state index contributed by atoms with van der Waals surface area (Å²) in [6.07, 6.45) is 4.44.